The molecule has 4 nitrogen and oxygen atoms in total. The molecule has 0 atom stereocenters. The van der Waals surface area contributed by atoms with E-state index in [4.69, 9.17) is 0 Å². The van der Waals surface area contributed by atoms with Gasteiger partial charge in [0.2, 0.25) is 11.8 Å². The van der Waals surface area contributed by atoms with E-state index < -0.39 is 0 Å². The Balaban J connectivity index is 2.04. The zero-order valence-corrected chi connectivity index (χ0v) is 21.4. The van der Waals surface area contributed by atoms with Crippen LogP contribution in [0.3, 0.4) is 0 Å². The summed E-state index contributed by atoms with van der Waals surface area (Å²) in [5.41, 5.74) is 2.02. The van der Waals surface area contributed by atoms with Crippen LogP contribution in [0.25, 0.3) is 0 Å². The number of hydrogen-bond acceptors (Lipinski definition) is 3. The van der Waals surface area contributed by atoms with Crippen LogP contribution in [0.15, 0.2) is 35.7 Å². The summed E-state index contributed by atoms with van der Waals surface area (Å²) in [6, 6.07) is 8.25. The number of aryl methyl sites for hydroxylation is 1. The van der Waals surface area contributed by atoms with E-state index >= 15 is 0 Å². The lowest BCUT2D eigenvalue weighted by molar-refractivity contribution is -0.142. The SMILES string of the molecule is CCCCCCCCC(=O)N(CC(=O)N(Cc1ccc(F)cc1)Cc1sccc1C)C(C)C. The maximum atomic E-state index is 13.4. The molecule has 0 unspecified atom stereocenters. The summed E-state index contributed by atoms with van der Waals surface area (Å²) in [7, 11) is 0. The maximum Gasteiger partial charge on any atom is 0.242 e. The highest BCUT2D eigenvalue weighted by atomic mass is 32.1. The number of nitrogens with zero attached hydrogens (tertiary/aromatic N) is 2. The molecule has 1 heterocycles. The van der Waals surface area contributed by atoms with Crippen molar-refractivity contribution in [1.82, 2.24) is 9.80 Å². The molecule has 0 radical (unpaired) electrons. The fraction of sp³-hybridized carbons (Fsp3) is 0.556. The Labute approximate surface area is 202 Å². The summed E-state index contributed by atoms with van der Waals surface area (Å²) >= 11 is 1.62. The second-order valence-electron chi connectivity index (χ2n) is 9.04. The number of halogens is 1. The molecule has 0 aliphatic heterocycles. The number of benzene rings is 1. The van der Waals surface area contributed by atoms with Crippen molar-refractivity contribution in [2.45, 2.75) is 91.8 Å². The van der Waals surface area contributed by atoms with Gasteiger partial charge >= 0.3 is 0 Å². The Hall–Kier alpha value is -2.21. The van der Waals surface area contributed by atoms with Gasteiger partial charge in [-0.1, -0.05) is 51.2 Å². The molecular formula is C27H39FN2O2S. The first-order chi connectivity index (χ1) is 15.8. The number of hydrogen-bond donors (Lipinski definition) is 0. The zero-order valence-electron chi connectivity index (χ0n) is 20.6. The molecule has 0 aliphatic rings. The van der Waals surface area contributed by atoms with Gasteiger partial charge in [0, 0.05) is 23.9 Å². The number of thiophene rings is 1. The summed E-state index contributed by atoms with van der Waals surface area (Å²) in [6.45, 7) is 9.08. The van der Waals surface area contributed by atoms with Gasteiger partial charge in [0.05, 0.1) is 13.1 Å². The van der Waals surface area contributed by atoms with Gasteiger partial charge in [0.1, 0.15) is 5.82 Å². The molecule has 1 aromatic carbocycles. The Kier molecular flexibility index (Phi) is 11.6. The van der Waals surface area contributed by atoms with Crippen molar-refractivity contribution in [3.05, 3.63) is 57.5 Å². The molecule has 182 valence electrons. The number of rotatable bonds is 14. The van der Waals surface area contributed by atoms with Crippen LogP contribution in [0, 0.1) is 12.7 Å². The third-order valence-corrected chi connectivity index (χ3v) is 6.94. The van der Waals surface area contributed by atoms with Crippen LogP contribution >= 0.6 is 11.3 Å². The molecule has 0 saturated carbocycles. The molecule has 0 aliphatic carbocycles. The highest BCUT2D eigenvalue weighted by molar-refractivity contribution is 7.10. The molecule has 0 fully saturated rings. The molecule has 0 bridgehead atoms. The smallest absolute Gasteiger partial charge is 0.242 e. The van der Waals surface area contributed by atoms with Crippen molar-refractivity contribution in [2.75, 3.05) is 6.54 Å². The van der Waals surface area contributed by atoms with Crippen molar-refractivity contribution < 1.29 is 14.0 Å². The first kappa shape index (κ1) is 27.0. The van der Waals surface area contributed by atoms with Crippen LogP contribution in [0.2, 0.25) is 0 Å². The van der Waals surface area contributed by atoms with E-state index in [2.05, 4.69) is 6.92 Å². The van der Waals surface area contributed by atoms with Crippen molar-refractivity contribution in [1.29, 1.82) is 0 Å². The average molecular weight is 475 g/mol. The van der Waals surface area contributed by atoms with Crippen LogP contribution in [0.4, 0.5) is 4.39 Å². The van der Waals surface area contributed by atoms with Gasteiger partial charge in [-0.3, -0.25) is 9.59 Å². The number of unbranched alkanes of at least 4 members (excludes halogenated alkanes) is 5. The normalized spacial score (nSPS) is 11.1. The lowest BCUT2D eigenvalue weighted by atomic mass is 10.1. The van der Waals surface area contributed by atoms with Crippen LogP contribution in [-0.4, -0.2) is 34.2 Å². The van der Waals surface area contributed by atoms with Gasteiger partial charge in [0.25, 0.3) is 0 Å². The molecule has 2 amide bonds. The van der Waals surface area contributed by atoms with Gasteiger partial charge in [-0.15, -0.1) is 11.3 Å². The monoisotopic (exact) mass is 474 g/mol. The van der Waals surface area contributed by atoms with Crippen LogP contribution in [-0.2, 0) is 22.7 Å². The molecule has 33 heavy (non-hydrogen) atoms. The predicted molar refractivity (Wildman–Crippen MR) is 135 cm³/mol. The van der Waals surface area contributed by atoms with Gasteiger partial charge in [-0.25, -0.2) is 4.39 Å². The summed E-state index contributed by atoms with van der Waals surface area (Å²) < 4.78 is 13.4. The highest BCUT2D eigenvalue weighted by Gasteiger charge is 2.24. The molecule has 2 aromatic rings. The quantitative estimate of drug-likeness (QED) is 0.285. The van der Waals surface area contributed by atoms with E-state index in [1.165, 1.54) is 31.4 Å². The number of carbonyl (C=O) groups excluding carboxylic acids is 2. The standard InChI is InChI=1S/C27H39FN2O2S/c1-5-6-7-8-9-10-11-26(31)30(21(2)3)20-27(32)29(19-25-22(4)16-17-33-25)18-23-12-14-24(28)15-13-23/h12-17,21H,5-11,18-20H2,1-4H3. The molecular weight excluding hydrogens is 435 g/mol. The Morgan fingerprint density at radius 3 is 2.21 bits per heavy atom. The van der Waals surface area contributed by atoms with Crippen LogP contribution < -0.4 is 0 Å². The van der Waals surface area contributed by atoms with Crippen LogP contribution in [0.5, 0.6) is 0 Å². The van der Waals surface area contributed by atoms with Gasteiger partial charge < -0.3 is 9.80 Å². The third-order valence-electron chi connectivity index (χ3n) is 5.94. The lowest BCUT2D eigenvalue weighted by Crippen LogP contribution is -2.45. The Morgan fingerprint density at radius 2 is 1.61 bits per heavy atom. The minimum atomic E-state index is -0.294. The molecule has 1 aromatic heterocycles. The second kappa shape index (κ2) is 14.1. The first-order valence-corrected chi connectivity index (χ1v) is 13.0. The fourth-order valence-corrected chi connectivity index (χ4v) is 4.71. The minimum Gasteiger partial charge on any atom is -0.332 e. The lowest BCUT2D eigenvalue weighted by Gasteiger charge is -2.30. The van der Waals surface area contributed by atoms with Crippen molar-refractivity contribution in [3.63, 3.8) is 0 Å². The van der Waals surface area contributed by atoms with E-state index in [9.17, 15) is 14.0 Å². The molecule has 6 heteroatoms. The van der Waals surface area contributed by atoms with Crippen molar-refractivity contribution >= 4 is 23.2 Å². The predicted octanol–water partition coefficient (Wildman–Crippen LogP) is 6.71. The van der Waals surface area contributed by atoms with Crippen molar-refractivity contribution in [2.24, 2.45) is 0 Å². The Morgan fingerprint density at radius 1 is 0.939 bits per heavy atom. The summed E-state index contributed by atoms with van der Waals surface area (Å²) in [4.78, 5) is 30.9. The number of amides is 2. The fourth-order valence-electron chi connectivity index (χ4n) is 3.79. The van der Waals surface area contributed by atoms with Gasteiger partial charge in [-0.2, -0.15) is 0 Å². The molecule has 0 spiro atoms. The molecule has 2 rings (SSSR count). The topological polar surface area (TPSA) is 40.6 Å². The first-order valence-electron chi connectivity index (χ1n) is 12.2. The van der Waals surface area contributed by atoms with Crippen LogP contribution in [0.1, 0.15) is 81.7 Å². The highest BCUT2D eigenvalue weighted by Crippen LogP contribution is 2.20. The van der Waals surface area contributed by atoms with E-state index in [-0.39, 0.29) is 30.2 Å². The Bertz CT molecular complexity index is 863. The number of carbonyl (C=O) groups is 2. The van der Waals surface area contributed by atoms with Gasteiger partial charge in [0.15, 0.2) is 0 Å². The zero-order chi connectivity index (χ0) is 24.2. The van der Waals surface area contributed by atoms with E-state index in [0.29, 0.717) is 19.5 Å². The third kappa shape index (κ3) is 9.28. The summed E-state index contributed by atoms with van der Waals surface area (Å²) in [5, 5.41) is 2.02. The van der Waals surface area contributed by atoms with E-state index in [1.54, 1.807) is 33.3 Å². The minimum absolute atomic E-state index is 0.0438. The van der Waals surface area contributed by atoms with E-state index in [1.807, 2.05) is 32.2 Å². The average Bonchev–Trinajstić information content (AvgIpc) is 3.19. The maximum absolute atomic E-state index is 13.4. The molecule has 0 N–H and O–H groups in total. The summed E-state index contributed by atoms with van der Waals surface area (Å²) in [5.74, 6) is -0.336. The van der Waals surface area contributed by atoms with E-state index in [0.717, 1.165) is 35.3 Å². The second-order valence-corrected chi connectivity index (χ2v) is 10.0. The molecule has 0 saturated heterocycles. The van der Waals surface area contributed by atoms with Crippen molar-refractivity contribution in [3.8, 4) is 0 Å². The van der Waals surface area contributed by atoms with Gasteiger partial charge in [-0.05, 0) is 61.9 Å². The largest absolute Gasteiger partial charge is 0.332 e. The summed E-state index contributed by atoms with van der Waals surface area (Å²) in [6.07, 6.45) is 7.24.